The minimum Gasteiger partial charge on any atom is -0.311 e. The molecule has 0 aromatic rings. The summed E-state index contributed by atoms with van der Waals surface area (Å²) in [6, 6.07) is 0.594. The molecule has 0 aromatic heterocycles. The highest BCUT2D eigenvalue weighted by atomic mass is 32.2. The standard InChI is InChI=1S/C7H16N2O2S2/c1-2-13(10,11)9-4-3-8-7-5-12-6-7/h7-9H,2-6H2,1H3. The molecule has 0 unspecified atom stereocenters. The van der Waals surface area contributed by atoms with Crippen LogP contribution < -0.4 is 10.0 Å². The zero-order valence-corrected chi connectivity index (χ0v) is 9.38. The Hall–Kier alpha value is 0.220. The van der Waals surface area contributed by atoms with Gasteiger partial charge in [-0.2, -0.15) is 11.8 Å². The van der Waals surface area contributed by atoms with E-state index in [4.69, 9.17) is 0 Å². The molecule has 1 saturated heterocycles. The average molecular weight is 224 g/mol. The fourth-order valence-corrected chi connectivity index (χ4v) is 2.26. The summed E-state index contributed by atoms with van der Waals surface area (Å²) in [4.78, 5) is 0. The maximum atomic E-state index is 11.0. The fraction of sp³-hybridized carbons (Fsp3) is 1.00. The van der Waals surface area contributed by atoms with Crippen LogP contribution in [-0.4, -0.2) is 44.8 Å². The van der Waals surface area contributed by atoms with Crippen LogP contribution in [-0.2, 0) is 10.0 Å². The predicted octanol–water partition coefficient (Wildman–Crippen LogP) is -0.369. The van der Waals surface area contributed by atoms with Gasteiger partial charge in [0.2, 0.25) is 10.0 Å². The monoisotopic (exact) mass is 224 g/mol. The molecule has 4 nitrogen and oxygen atoms in total. The quantitative estimate of drug-likeness (QED) is 0.605. The van der Waals surface area contributed by atoms with Gasteiger partial charge in [0.25, 0.3) is 0 Å². The number of rotatable bonds is 6. The molecule has 1 aliphatic rings. The Kier molecular flexibility index (Phi) is 4.51. The van der Waals surface area contributed by atoms with Gasteiger partial charge in [-0.15, -0.1) is 0 Å². The normalized spacial score (nSPS) is 18.5. The molecular formula is C7H16N2O2S2. The molecule has 0 aromatic carbocycles. The summed E-state index contributed by atoms with van der Waals surface area (Å²) < 4.78 is 24.5. The molecule has 1 heterocycles. The third-order valence-corrected chi connectivity index (χ3v) is 4.58. The van der Waals surface area contributed by atoms with Gasteiger partial charge >= 0.3 is 0 Å². The van der Waals surface area contributed by atoms with E-state index in [1.54, 1.807) is 6.92 Å². The number of thioether (sulfide) groups is 1. The summed E-state index contributed by atoms with van der Waals surface area (Å²) in [6.45, 7) is 2.86. The Balaban J connectivity index is 2.00. The molecule has 1 fully saturated rings. The highest BCUT2D eigenvalue weighted by molar-refractivity contribution is 8.00. The van der Waals surface area contributed by atoms with E-state index in [2.05, 4.69) is 10.0 Å². The lowest BCUT2D eigenvalue weighted by Crippen LogP contribution is -2.44. The van der Waals surface area contributed by atoms with E-state index in [1.165, 1.54) is 0 Å². The van der Waals surface area contributed by atoms with Crippen molar-refractivity contribution < 1.29 is 8.42 Å². The Morgan fingerprint density at radius 3 is 2.54 bits per heavy atom. The van der Waals surface area contributed by atoms with Gasteiger partial charge in [-0.1, -0.05) is 0 Å². The van der Waals surface area contributed by atoms with Crippen molar-refractivity contribution in [3.8, 4) is 0 Å². The van der Waals surface area contributed by atoms with E-state index in [0.29, 0.717) is 12.6 Å². The molecule has 0 saturated carbocycles. The minimum absolute atomic E-state index is 0.159. The van der Waals surface area contributed by atoms with E-state index in [9.17, 15) is 8.42 Å². The van der Waals surface area contributed by atoms with Gasteiger partial charge in [-0.25, -0.2) is 13.1 Å². The number of hydrogen-bond donors (Lipinski definition) is 2. The molecule has 1 aliphatic heterocycles. The number of nitrogens with one attached hydrogen (secondary N) is 2. The van der Waals surface area contributed by atoms with Gasteiger partial charge in [0.05, 0.1) is 5.75 Å². The fourth-order valence-electron chi connectivity index (χ4n) is 0.938. The van der Waals surface area contributed by atoms with E-state index < -0.39 is 10.0 Å². The molecular weight excluding hydrogens is 208 g/mol. The van der Waals surface area contributed by atoms with Gasteiger partial charge in [0.1, 0.15) is 0 Å². The Morgan fingerprint density at radius 2 is 2.08 bits per heavy atom. The first-order chi connectivity index (χ1) is 6.14. The molecule has 78 valence electrons. The molecule has 13 heavy (non-hydrogen) atoms. The summed E-state index contributed by atoms with van der Waals surface area (Å²) in [7, 11) is -3.00. The molecule has 0 spiro atoms. The first kappa shape index (κ1) is 11.3. The second-order valence-electron chi connectivity index (χ2n) is 2.99. The van der Waals surface area contributed by atoms with E-state index >= 15 is 0 Å². The highest BCUT2D eigenvalue weighted by Gasteiger charge is 2.16. The lowest BCUT2D eigenvalue weighted by Gasteiger charge is -2.25. The van der Waals surface area contributed by atoms with Crippen LogP contribution in [0.15, 0.2) is 0 Å². The van der Waals surface area contributed by atoms with Gasteiger partial charge in [0.15, 0.2) is 0 Å². The zero-order chi connectivity index (χ0) is 9.73. The van der Waals surface area contributed by atoms with Gasteiger partial charge in [-0.05, 0) is 6.92 Å². The molecule has 2 N–H and O–H groups in total. The first-order valence-corrected chi connectivity index (χ1v) is 7.23. The second kappa shape index (κ2) is 5.19. The van der Waals surface area contributed by atoms with Crippen molar-refractivity contribution in [3.63, 3.8) is 0 Å². The Bertz CT molecular complexity index is 237. The number of hydrogen-bond acceptors (Lipinski definition) is 4. The third kappa shape index (κ3) is 4.30. The van der Waals surface area contributed by atoms with Gasteiger partial charge in [0, 0.05) is 30.6 Å². The van der Waals surface area contributed by atoms with Crippen LogP contribution >= 0.6 is 11.8 Å². The van der Waals surface area contributed by atoms with Crippen LogP contribution in [0, 0.1) is 0 Å². The molecule has 0 aliphatic carbocycles. The first-order valence-electron chi connectivity index (χ1n) is 4.42. The van der Waals surface area contributed by atoms with Crippen molar-refractivity contribution in [1.82, 2.24) is 10.0 Å². The van der Waals surface area contributed by atoms with Crippen LogP contribution in [0.4, 0.5) is 0 Å². The predicted molar refractivity (Wildman–Crippen MR) is 56.6 cm³/mol. The molecule has 0 atom stereocenters. The van der Waals surface area contributed by atoms with Crippen molar-refractivity contribution in [2.24, 2.45) is 0 Å². The summed E-state index contributed by atoms with van der Waals surface area (Å²) in [6.07, 6.45) is 0. The third-order valence-electron chi connectivity index (χ3n) is 1.90. The molecule has 0 radical (unpaired) electrons. The summed E-state index contributed by atoms with van der Waals surface area (Å²) in [5.74, 6) is 2.47. The van der Waals surface area contributed by atoms with Crippen LogP contribution in [0.1, 0.15) is 6.92 Å². The van der Waals surface area contributed by atoms with Crippen molar-refractivity contribution in [3.05, 3.63) is 0 Å². The van der Waals surface area contributed by atoms with Crippen molar-refractivity contribution in [2.45, 2.75) is 13.0 Å². The van der Waals surface area contributed by atoms with E-state index in [0.717, 1.165) is 18.1 Å². The molecule has 0 bridgehead atoms. The smallest absolute Gasteiger partial charge is 0.211 e. The van der Waals surface area contributed by atoms with Gasteiger partial charge < -0.3 is 5.32 Å². The lowest BCUT2D eigenvalue weighted by atomic mass is 10.4. The van der Waals surface area contributed by atoms with Crippen molar-refractivity contribution >= 4 is 21.8 Å². The summed E-state index contributed by atoms with van der Waals surface area (Å²) in [5.41, 5.74) is 0. The van der Waals surface area contributed by atoms with Crippen LogP contribution in [0.3, 0.4) is 0 Å². The maximum Gasteiger partial charge on any atom is 0.211 e. The topological polar surface area (TPSA) is 58.2 Å². The highest BCUT2D eigenvalue weighted by Crippen LogP contribution is 2.16. The second-order valence-corrected chi connectivity index (χ2v) is 6.16. The SMILES string of the molecule is CCS(=O)(=O)NCCNC1CSC1. The van der Waals surface area contributed by atoms with Crippen molar-refractivity contribution in [2.75, 3.05) is 30.3 Å². The van der Waals surface area contributed by atoms with Crippen LogP contribution in [0.5, 0.6) is 0 Å². The molecule has 0 amide bonds. The summed E-state index contributed by atoms with van der Waals surface area (Å²) in [5, 5.41) is 3.27. The molecule has 1 rings (SSSR count). The van der Waals surface area contributed by atoms with Crippen LogP contribution in [0.2, 0.25) is 0 Å². The zero-order valence-electron chi connectivity index (χ0n) is 7.75. The van der Waals surface area contributed by atoms with E-state index in [-0.39, 0.29) is 5.75 Å². The minimum atomic E-state index is -3.00. The van der Waals surface area contributed by atoms with Crippen molar-refractivity contribution in [1.29, 1.82) is 0 Å². The molecule has 6 heteroatoms. The average Bonchev–Trinajstić information content (AvgIpc) is 2.01. The van der Waals surface area contributed by atoms with E-state index in [1.807, 2.05) is 11.8 Å². The maximum absolute atomic E-state index is 11.0. The Morgan fingerprint density at radius 1 is 1.38 bits per heavy atom. The lowest BCUT2D eigenvalue weighted by molar-refractivity contribution is 0.558. The largest absolute Gasteiger partial charge is 0.311 e. The number of sulfonamides is 1. The van der Waals surface area contributed by atoms with Gasteiger partial charge in [-0.3, -0.25) is 0 Å². The Labute approximate surface area is 83.9 Å². The summed E-state index contributed by atoms with van der Waals surface area (Å²) >= 11 is 1.91. The van der Waals surface area contributed by atoms with Crippen LogP contribution in [0.25, 0.3) is 0 Å².